The third kappa shape index (κ3) is 5.93. The molecule has 0 aliphatic carbocycles. The SMILES string of the molecule is CN1CCN(C(=O)Nc2ccc(-n3ccnn3)cc2)[C@@H](CNC(=O)OC(C)(C)C)C1. The second-order valence-electron chi connectivity index (χ2n) is 8.32. The molecule has 0 saturated carbocycles. The lowest BCUT2D eigenvalue weighted by Gasteiger charge is -2.40. The van der Waals surface area contributed by atoms with Crippen LogP contribution in [0.4, 0.5) is 15.3 Å². The predicted molar refractivity (Wildman–Crippen MR) is 113 cm³/mol. The van der Waals surface area contributed by atoms with Crippen LogP contribution in [0.25, 0.3) is 5.69 Å². The monoisotopic (exact) mass is 415 g/mol. The van der Waals surface area contributed by atoms with Crippen molar-refractivity contribution in [2.24, 2.45) is 0 Å². The van der Waals surface area contributed by atoms with Crippen molar-refractivity contribution in [1.29, 1.82) is 0 Å². The maximum Gasteiger partial charge on any atom is 0.407 e. The maximum atomic E-state index is 12.9. The molecule has 1 aromatic carbocycles. The summed E-state index contributed by atoms with van der Waals surface area (Å²) < 4.78 is 6.94. The quantitative estimate of drug-likeness (QED) is 0.791. The molecule has 10 heteroatoms. The Morgan fingerprint density at radius 3 is 2.57 bits per heavy atom. The number of hydrogen-bond donors (Lipinski definition) is 2. The van der Waals surface area contributed by atoms with E-state index in [2.05, 4.69) is 25.8 Å². The van der Waals surface area contributed by atoms with Crippen molar-refractivity contribution >= 4 is 17.8 Å². The lowest BCUT2D eigenvalue weighted by Crippen LogP contribution is -2.58. The number of carbonyl (C=O) groups excluding carboxylic acids is 2. The van der Waals surface area contributed by atoms with E-state index in [0.717, 1.165) is 12.2 Å². The van der Waals surface area contributed by atoms with E-state index >= 15 is 0 Å². The second kappa shape index (κ2) is 9.12. The number of alkyl carbamates (subject to hydrolysis) is 1. The highest BCUT2D eigenvalue weighted by Crippen LogP contribution is 2.15. The van der Waals surface area contributed by atoms with E-state index in [9.17, 15) is 9.59 Å². The smallest absolute Gasteiger partial charge is 0.407 e. The molecule has 1 saturated heterocycles. The average molecular weight is 415 g/mol. The number of aromatic nitrogens is 3. The van der Waals surface area contributed by atoms with Crippen LogP contribution in [-0.2, 0) is 4.74 Å². The Balaban J connectivity index is 1.60. The van der Waals surface area contributed by atoms with Crippen LogP contribution >= 0.6 is 0 Å². The summed E-state index contributed by atoms with van der Waals surface area (Å²) >= 11 is 0. The first kappa shape index (κ1) is 21.6. The maximum absolute atomic E-state index is 12.9. The minimum Gasteiger partial charge on any atom is -0.444 e. The molecule has 1 fully saturated rings. The zero-order valence-electron chi connectivity index (χ0n) is 17.8. The van der Waals surface area contributed by atoms with E-state index in [1.54, 1.807) is 22.0 Å². The number of nitrogens with one attached hydrogen (secondary N) is 2. The van der Waals surface area contributed by atoms with Crippen LogP contribution in [0.15, 0.2) is 36.7 Å². The molecule has 2 N–H and O–H groups in total. The standard InChI is InChI=1S/C20H29N7O3/c1-20(2,3)30-19(29)21-13-17-14-25(4)11-12-26(17)18(28)23-15-5-7-16(8-6-15)27-10-9-22-24-27/h5-10,17H,11-14H2,1-4H3,(H,21,29)(H,23,28)/t17-/m0/s1. The highest BCUT2D eigenvalue weighted by atomic mass is 16.6. The van der Waals surface area contributed by atoms with Gasteiger partial charge in [0.05, 0.1) is 24.1 Å². The van der Waals surface area contributed by atoms with Crippen LogP contribution in [0.3, 0.4) is 0 Å². The lowest BCUT2D eigenvalue weighted by atomic mass is 10.1. The molecule has 1 aromatic heterocycles. The van der Waals surface area contributed by atoms with Crippen LogP contribution in [-0.4, -0.2) is 81.8 Å². The Morgan fingerprint density at radius 2 is 1.93 bits per heavy atom. The van der Waals surface area contributed by atoms with Gasteiger partial charge < -0.3 is 25.2 Å². The van der Waals surface area contributed by atoms with Gasteiger partial charge >= 0.3 is 12.1 Å². The summed E-state index contributed by atoms with van der Waals surface area (Å²) in [4.78, 5) is 28.8. The van der Waals surface area contributed by atoms with Crippen LogP contribution in [0.2, 0.25) is 0 Å². The van der Waals surface area contributed by atoms with Gasteiger partial charge in [-0.25, -0.2) is 14.3 Å². The van der Waals surface area contributed by atoms with Gasteiger partial charge in [0.2, 0.25) is 0 Å². The number of hydrogen-bond acceptors (Lipinski definition) is 6. The molecule has 0 spiro atoms. The van der Waals surface area contributed by atoms with E-state index in [1.165, 1.54) is 0 Å². The second-order valence-corrected chi connectivity index (χ2v) is 8.32. The summed E-state index contributed by atoms with van der Waals surface area (Å²) in [6.07, 6.45) is 2.87. The molecule has 3 amide bonds. The van der Waals surface area contributed by atoms with Crippen molar-refractivity contribution in [3.63, 3.8) is 0 Å². The summed E-state index contributed by atoms with van der Waals surface area (Å²) in [7, 11) is 2.00. The average Bonchev–Trinajstić information content (AvgIpc) is 3.20. The topological polar surface area (TPSA) is 105 Å². The van der Waals surface area contributed by atoms with E-state index in [-0.39, 0.29) is 12.1 Å². The zero-order chi connectivity index (χ0) is 21.7. The Morgan fingerprint density at radius 1 is 1.20 bits per heavy atom. The third-order valence-corrected chi connectivity index (χ3v) is 4.63. The van der Waals surface area contributed by atoms with E-state index < -0.39 is 11.7 Å². The van der Waals surface area contributed by atoms with E-state index in [0.29, 0.717) is 25.3 Å². The van der Waals surface area contributed by atoms with Gasteiger partial charge in [0.15, 0.2) is 0 Å². The van der Waals surface area contributed by atoms with Gasteiger partial charge in [-0.15, -0.1) is 5.10 Å². The van der Waals surface area contributed by atoms with Crippen molar-refractivity contribution in [2.45, 2.75) is 32.4 Å². The molecule has 1 atom stereocenters. The Bertz CT molecular complexity index is 846. The van der Waals surface area contributed by atoms with Gasteiger partial charge in [-0.3, -0.25) is 0 Å². The first-order chi connectivity index (χ1) is 14.2. The Hall–Kier alpha value is -3.14. The number of piperazine rings is 1. The third-order valence-electron chi connectivity index (χ3n) is 4.63. The molecule has 30 heavy (non-hydrogen) atoms. The van der Waals surface area contributed by atoms with Gasteiger partial charge in [0.1, 0.15) is 5.60 Å². The summed E-state index contributed by atoms with van der Waals surface area (Å²) in [6.45, 7) is 7.76. The minimum atomic E-state index is -0.567. The first-order valence-corrected chi connectivity index (χ1v) is 9.91. The highest BCUT2D eigenvalue weighted by molar-refractivity contribution is 5.89. The normalized spacial score (nSPS) is 17.5. The molecule has 0 bridgehead atoms. The Labute approximate surface area is 176 Å². The fourth-order valence-electron chi connectivity index (χ4n) is 3.21. The molecule has 2 heterocycles. The number of urea groups is 1. The van der Waals surface area contributed by atoms with Crippen LogP contribution < -0.4 is 10.6 Å². The Kier molecular flexibility index (Phi) is 6.56. The zero-order valence-corrected chi connectivity index (χ0v) is 17.8. The predicted octanol–water partition coefficient (Wildman–Crippen LogP) is 1.94. The van der Waals surface area contributed by atoms with Gasteiger partial charge in [-0.05, 0) is 52.1 Å². The first-order valence-electron chi connectivity index (χ1n) is 9.91. The van der Waals surface area contributed by atoms with Crippen molar-refractivity contribution in [2.75, 3.05) is 38.5 Å². The molecular weight excluding hydrogens is 386 g/mol. The summed E-state index contributed by atoms with van der Waals surface area (Å²) in [5.41, 5.74) is 0.967. The number of benzene rings is 1. The molecule has 1 aliphatic rings. The van der Waals surface area contributed by atoms with Gasteiger partial charge in [-0.2, -0.15) is 0 Å². The van der Waals surface area contributed by atoms with Crippen molar-refractivity contribution in [1.82, 2.24) is 30.1 Å². The lowest BCUT2D eigenvalue weighted by molar-refractivity contribution is 0.0490. The van der Waals surface area contributed by atoms with Crippen molar-refractivity contribution in [3.05, 3.63) is 36.7 Å². The van der Waals surface area contributed by atoms with Crippen LogP contribution in [0.5, 0.6) is 0 Å². The summed E-state index contributed by atoms with van der Waals surface area (Å²) in [5.74, 6) is 0. The number of nitrogens with zero attached hydrogens (tertiary/aromatic N) is 5. The van der Waals surface area contributed by atoms with Gasteiger partial charge in [0, 0.05) is 31.9 Å². The number of carbonyl (C=O) groups is 2. The number of anilines is 1. The fraction of sp³-hybridized carbons (Fsp3) is 0.500. The molecule has 1 aliphatic heterocycles. The van der Waals surface area contributed by atoms with Gasteiger partial charge in [-0.1, -0.05) is 5.21 Å². The highest BCUT2D eigenvalue weighted by Gasteiger charge is 2.30. The van der Waals surface area contributed by atoms with Gasteiger partial charge in [0.25, 0.3) is 0 Å². The summed E-state index contributed by atoms with van der Waals surface area (Å²) in [6, 6.07) is 6.99. The minimum absolute atomic E-state index is 0.161. The molecule has 2 aromatic rings. The summed E-state index contributed by atoms with van der Waals surface area (Å²) in [5, 5.41) is 13.4. The molecule has 0 radical (unpaired) electrons. The van der Waals surface area contributed by atoms with Crippen molar-refractivity contribution in [3.8, 4) is 5.69 Å². The fourth-order valence-corrected chi connectivity index (χ4v) is 3.21. The van der Waals surface area contributed by atoms with E-state index in [4.69, 9.17) is 4.74 Å². The number of ether oxygens (including phenoxy) is 1. The number of rotatable bonds is 4. The molecule has 162 valence electrons. The van der Waals surface area contributed by atoms with Crippen LogP contribution in [0, 0.1) is 0 Å². The molecule has 10 nitrogen and oxygen atoms in total. The molecule has 3 rings (SSSR count). The van der Waals surface area contributed by atoms with Crippen LogP contribution in [0.1, 0.15) is 20.8 Å². The number of amides is 3. The largest absolute Gasteiger partial charge is 0.444 e. The van der Waals surface area contributed by atoms with E-state index in [1.807, 2.05) is 52.1 Å². The number of likely N-dealkylation sites (N-methyl/N-ethyl adjacent to an activating group) is 1. The molecular formula is C20H29N7O3. The van der Waals surface area contributed by atoms with Crippen molar-refractivity contribution < 1.29 is 14.3 Å². The molecule has 0 unspecified atom stereocenters.